The van der Waals surface area contributed by atoms with Crippen LogP contribution in [0.2, 0.25) is 5.02 Å². The molecule has 2 atom stereocenters. The highest BCUT2D eigenvalue weighted by Crippen LogP contribution is 2.31. The number of Topliss-reactive ketones (excluding diaryl/α,β-unsaturated/α-hetero) is 1. The van der Waals surface area contributed by atoms with E-state index in [-0.39, 0.29) is 23.5 Å². The second-order valence-corrected chi connectivity index (χ2v) is 7.23. The molecule has 2 rings (SSSR count). The molecule has 0 heterocycles. The Morgan fingerprint density at radius 3 is 2.58 bits per heavy atom. The van der Waals surface area contributed by atoms with E-state index in [9.17, 15) is 9.59 Å². The standard InChI is InChI=1S/C19H27ClN2O2/c1-3-12(2)17(21)19(24)22-16-10-9-14(20)11-15(16)18(23)13-7-5-4-6-8-13/h9-13,17H,3-8,21H2,1-2H3,(H,22,24)/t12-,17-/m0/s1. The molecule has 0 bridgehead atoms. The van der Waals surface area contributed by atoms with Crippen molar-refractivity contribution in [3.63, 3.8) is 0 Å². The van der Waals surface area contributed by atoms with Crippen LogP contribution in [0.1, 0.15) is 62.7 Å². The summed E-state index contributed by atoms with van der Waals surface area (Å²) in [5.74, 6) is -0.0834. The van der Waals surface area contributed by atoms with Crippen molar-refractivity contribution in [3.05, 3.63) is 28.8 Å². The van der Waals surface area contributed by atoms with Crippen molar-refractivity contribution in [2.24, 2.45) is 17.6 Å². The molecule has 0 aliphatic heterocycles. The van der Waals surface area contributed by atoms with E-state index in [0.29, 0.717) is 16.3 Å². The van der Waals surface area contributed by atoms with Crippen LogP contribution in [0.4, 0.5) is 5.69 Å². The lowest BCUT2D eigenvalue weighted by Crippen LogP contribution is -2.41. The number of carbonyl (C=O) groups excluding carboxylic acids is 2. The summed E-state index contributed by atoms with van der Waals surface area (Å²) in [6, 6.07) is 4.44. The van der Waals surface area contributed by atoms with Crippen LogP contribution < -0.4 is 11.1 Å². The summed E-state index contributed by atoms with van der Waals surface area (Å²) in [6.07, 6.45) is 5.99. The Kier molecular flexibility index (Phi) is 6.81. The first-order chi connectivity index (χ1) is 11.4. The monoisotopic (exact) mass is 350 g/mol. The zero-order chi connectivity index (χ0) is 17.7. The van der Waals surface area contributed by atoms with Gasteiger partial charge in [0.1, 0.15) is 0 Å². The molecule has 1 aromatic carbocycles. The van der Waals surface area contributed by atoms with Gasteiger partial charge in [0, 0.05) is 16.5 Å². The van der Waals surface area contributed by atoms with Crippen molar-refractivity contribution >= 4 is 29.0 Å². The van der Waals surface area contributed by atoms with E-state index < -0.39 is 6.04 Å². The molecule has 1 amide bonds. The van der Waals surface area contributed by atoms with E-state index in [1.807, 2.05) is 13.8 Å². The molecule has 24 heavy (non-hydrogen) atoms. The van der Waals surface area contributed by atoms with Gasteiger partial charge in [0.05, 0.1) is 11.7 Å². The van der Waals surface area contributed by atoms with Crippen LogP contribution in [0.5, 0.6) is 0 Å². The van der Waals surface area contributed by atoms with Crippen molar-refractivity contribution in [1.29, 1.82) is 0 Å². The van der Waals surface area contributed by atoms with E-state index in [1.54, 1.807) is 18.2 Å². The van der Waals surface area contributed by atoms with Crippen molar-refractivity contribution in [3.8, 4) is 0 Å². The highest BCUT2D eigenvalue weighted by atomic mass is 35.5. The summed E-state index contributed by atoms with van der Waals surface area (Å²) in [6.45, 7) is 3.94. The maximum atomic E-state index is 12.9. The number of hydrogen-bond acceptors (Lipinski definition) is 3. The Labute approximate surface area is 149 Å². The van der Waals surface area contributed by atoms with E-state index in [2.05, 4.69) is 5.32 Å². The molecule has 1 aromatic rings. The average molecular weight is 351 g/mol. The molecular weight excluding hydrogens is 324 g/mol. The number of nitrogens with one attached hydrogen (secondary N) is 1. The molecule has 1 saturated carbocycles. The molecule has 0 aromatic heterocycles. The topological polar surface area (TPSA) is 72.2 Å². The second kappa shape index (κ2) is 8.63. The Balaban J connectivity index is 2.21. The first kappa shape index (κ1) is 18.9. The Morgan fingerprint density at radius 2 is 1.96 bits per heavy atom. The molecule has 0 unspecified atom stereocenters. The third kappa shape index (κ3) is 4.58. The summed E-state index contributed by atoms with van der Waals surface area (Å²) >= 11 is 6.08. The first-order valence-corrected chi connectivity index (χ1v) is 9.22. The number of anilines is 1. The SMILES string of the molecule is CC[C@H](C)[C@H](N)C(=O)Nc1ccc(Cl)cc1C(=O)C1CCCCC1. The third-order valence-electron chi connectivity index (χ3n) is 5.04. The van der Waals surface area contributed by atoms with Gasteiger partial charge in [-0.2, -0.15) is 0 Å². The lowest BCUT2D eigenvalue weighted by atomic mass is 9.83. The third-order valence-corrected chi connectivity index (χ3v) is 5.28. The lowest BCUT2D eigenvalue weighted by Gasteiger charge is -2.23. The van der Waals surface area contributed by atoms with Crippen molar-refractivity contribution in [2.45, 2.75) is 58.4 Å². The van der Waals surface area contributed by atoms with Gasteiger partial charge in [-0.1, -0.05) is 51.1 Å². The lowest BCUT2D eigenvalue weighted by molar-refractivity contribution is -0.118. The van der Waals surface area contributed by atoms with E-state index in [1.165, 1.54) is 6.42 Å². The van der Waals surface area contributed by atoms with Gasteiger partial charge < -0.3 is 11.1 Å². The van der Waals surface area contributed by atoms with E-state index >= 15 is 0 Å². The quantitative estimate of drug-likeness (QED) is 0.746. The highest BCUT2D eigenvalue weighted by Gasteiger charge is 2.26. The summed E-state index contributed by atoms with van der Waals surface area (Å²) < 4.78 is 0. The Hall–Kier alpha value is -1.39. The fraction of sp³-hybridized carbons (Fsp3) is 0.579. The van der Waals surface area contributed by atoms with Gasteiger partial charge in [0.15, 0.2) is 5.78 Å². The summed E-state index contributed by atoms with van der Waals surface area (Å²) in [5.41, 5.74) is 7.01. The van der Waals surface area contributed by atoms with E-state index in [0.717, 1.165) is 32.1 Å². The van der Waals surface area contributed by atoms with Gasteiger partial charge in [-0.25, -0.2) is 0 Å². The van der Waals surface area contributed by atoms with Crippen LogP contribution in [-0.2, 0) is 4.79 Å². The van der Waals surface area contributed by atoms with Crippen molar-refractivity contribution in [2.75, 3.05) is 5.32 Å². The molecule has 1 fully saturated rings. The maximum Gasteiger partial charge on any atom is 0.241 e. The molecule has 3 N–H and O–H groups in total. The van der Waals surface area contributed by atoms with Gasteiger partial charge in [-0.15, -0.1) is 0 Å². The highest BCUT2D eigenvalue weighted by molar-refractivity contribution is 6.31. The van der Waals surface area contributed by atoms with Gasteiger partial charge >= 0.3 is 0 Å². The molecule has 1 aliphatic rings. The number of rotatable bonds is 6. The molecular formula is C19H27ClN2O2. The number of amides is 1. The number of benzene rings is 1. The number of ketones is 1. The average Bonchev–Trinajstić information content (AvgIpc) is 2.61. The maximum absolute atomic E-state index is 12.9. The van der Waals surface area contributed by atoms with Crippen LogP contribution in [0.15, 0.2) is 18.2 Å². The van der Waals surface area contributed by atoms with Crippen LogP contribution in [0, 0.1) is 11.8 Å². The molecule has 1 aliphatic carbocycles. The number of hydrogen-bond donors (Lipinski definition) is 2. The number of nitrogens with two attached hydrogens (primary N) is 1. The minimum atomic E-state index is -0.594. The van der Waals surface area contributed by atoms with E-state index in [4.69, 9.17) is 17.3 Å². The van der Waals surface area contributed by atoms with Crippen molar-refractivity contribution in [1.82, 2.24) is 0 Å². The smallest absolute Gasteiger partial charge is 0.241 e. The van der Waals surface area contributed by atoms with Crippen LogP contribution in [0.25, 0.3) is 0 Å². The summed E-state index contributed by atoms with van der Waals surface area (Å²) in [5, 5.41) is 3.33. The molecule has 4 nitrogen and oxygen atoms in total. The fourth-order valence-corrected chi connectivity index (χ4v) is 3.31. The predicted molar refractivity (Wildman–Crippen MR) is 98.4 cm³/mol. The van der Waals surface area contributed by atoms with Gasteiger partial charge in [0.25, 0.3) is 0 Å². The number of halogens is 1. The van der Waals surface area contributed by atoms with Crippen LogP contribution in [0.3, 0.4) is 0 Å². The van der Waals surface area contributed by atoms with Crippen LogP contribution >= 0.6 is 11.6 Å². The minimum Gasteiger partial charge on any atom is -0.324 e. The Morgan fingerprint density at radius 1 is 1.29 bits per heavy atom. The predicted octanol–water partition coefficient (Wildman–Crippen LogP) is 4.41. The zero-order valence-corrected chi connectivity index (χ0v) is 15.2. The minimum absolute atomic E-state index is 0.0242. The first-order valence-electron chi connectivity index (χ1n) is 8.84. The van der Waals surface area contributed by atoms with Gasteiger partial charge in [-0.05, 0) is 37.0 Å². The van der Waals surface area contributed by atoms with Gasteiger partial charge in [0.2, 0.25) is 5.91 Å². The summed E-state index contributed by atoms with van der Waals surface area (Å²) in [4.78, 5) is 25.2. The molecule has 132 valence electrons. The zero-order valence-electron chi connectivity index (χ0n) is 14.5. The van der Waals surface area contributed by atoms with Crippen LogP contribution in [-0.4, -0.2) is 17.7 Å². The molecule has 0 saturated heterocycles. The fourth-order valence-electron chi connectivity index (χ4n) is 3.14. The normalized spacial score (nSPS) is 18.0. The molecule has 0 spiro atoms. The van der Waals surface area contributed by atoms with Gasteiger partial charge in [-0.3, -0.25) is 9.59 Å². The summed E-state index contributed by atoms with van der Waals surface area (Å²) in [7, 11) is 0. The number of carbonyl (C=O) groups is 2. The Bertz CT molecular complexity index is 597. The molecule has 5 heteroatoms. The molecule has 0 radical (unpaired) electrons. The van der Waals surface area contributed by atoms with Crippen molar-refractivity contribution < 1.29 is 9.59 Å². The largest absolute Gasteiger partial charge is 0.324 e. The second-order valence-electron chi connectivity index (χ2n) is 6.79.